The number of likely N-dealkylation sites (N-methyl/N-ethyl adjacent to an activating group) is 1. The predicted octanol–water partition coefficient (Wildman–Crippen LogP) is 3.24. The number of benzene rings is 1. The summed E-state index contributed by atoms with van der Waals surface area (Å²) in [7, 11) is 2.16. The van der Waals surface area contributed by atoms with Gasteiger partial charge in [-0.25, -0.2) is 0 Å². The van der Waals surface area contributed by atoms with Crippen molar-refractivity contribution in [2.24, 2.45) is 0 Å². The molecule has 0 aromatic heterocycles. The summed E-state index contributed by atoms with van der Waals surface area (Å²) >= 11 is 6.06. The molecule has 1 heterocycles. The number of ether oxygens (including phenoxy) is 1. The summed E-state index contributed by atoms with van der Waals surface area (Å²) in [5, 5.41) is 4.30. The SMILES string of the molecule is CCOc1ccc(Cl)cc1NC1CCCN(C)C1. The van der Waals surface area contributed by atoms with Gasteiger partial charge in [0.05, 0.1) is 12.3 Å². The Kier molecular flexibility index (Phi) is 4.72. The minimum atomic E-state index is 0.474. The molecule has 4 heteroatoms. The molecule has 0 radical (unpaired) electrons. The van der Waals surface area contributed by atoms with Crippen molar-refractivity contribution >= 4 is 17.3 Å². The van der Waals surface area contributed by atoms with Crippen LogP contribution in [-0.2, 0) is 0 Å². The van der Waals surface area contributed by atoms with E-state index in [0.29, 0.717) is 12.6 Å². The summed E-state index contributed by atoms with van der Waals surface area (Å²) in [5.41, 5.74) is 1.00. The summed E-state index contributed by atoms with van der Waals surface area (Å²) < 4.78 is 5.63. The van der Waals surface area contributed by atoms with Gasteiger partial charge in [0.1, 0.15) is 5.75 Å². The molecule has 100 valence electrons. The highest BCUT2D eigenvalue weighted by atomic mass is 35.5. The number of rotatable bonds is 4. The Morgan fingerprint density at radius 1 is 1.50 bits per heavy atom. The van der Waals surface area contributed by atoms with Crippen LogP contribution in [0.4, 0.5) is 5.69 Å². The van der Waals surface area contributed by atoms with E-state index in [1.165, 1.54) is 19.4 Å². The molecular weight excluding hydrogens is 248 g/mol. The highest BCUT2D eigenvalue weighted by molar-refractivity contribution is 6.30. The van der Waals surface area contributed by atoms with E-state index < -0.39 is 0 Å². The molecule has 1 saturated heterocycles. The van der Waals surface area contributed by atoms with Crippen LogP contribution in [0.1, 0.15) is 19.8 Å². The van der Waals surface area contributed by atoms with Gasteiger partial charge in [-0.15, -0.1) is 0 Å². The van der Waals surface area contributed by atoms with Gasteiger partial charge in [0.2, 0.25) is 0 Å². The second-order valence-corrected chi connectivity index (χ2v) is 5.26. The monoisotopic (exact) mass is 268 g/mol. The Bertz CT molecular complexity index is 397. The number of anilines is 1. The highest BCUT2D eigenvalue weighted by Crippen LogP contribution is 2.29. The maximum Gasteiger partial charge on any atom is 0.142 e. The normalized spacial score (nSPS) is 20.7. The van der Waals surface area contributed by atoms with E-state index in [-0.39, 0.29) is 0 Å². The zero-order valence-electron chi connectivity index (χ0n) is 11.1. The minimum Gasteiger partial charge on any atom is -0.492 e. The number of hydrogen-bond donors (Lipinski definition) is 1. The largest absolute Gasteiger partial charge is 0.492 e. The molecule has 2 rings (SSSR count). The summed E-state index contributed by atoms with van der Waals surface area (Å²) in [4.78, 5) is 2.35. The molecule has 1 fully saturated rings. The molecule has 1 aliphatic heterocycles. The van der Waals surface area contributed by atoms with Crippen LogP contribution in [0, 0.1) is 0 Å². The molecule has 1 unspecified atom stereocenters. The second-order valence-electron chi connectivity index (χ2n) is 4.82. The maximum absolute atomic E-state index is 6.06. The van der Waals surface area contributed by atoms with Crippen molar-refractivity contribution in [2.45, 2.75) is 25.8 Å². The number of piperidine rings is 1. The van der Waals surface area contributed by atoms with Crippen molar-refractivity contribution in [1.82, 2.24) is 4.90 Å². The fraction of sp³-hybridized carbons (Fsp3) is 0.571. The topological polar surface area (TPSA) is 24.5 Å². The second kappa shape index (κ2) is 6.30. The van der Waals surface area contributed by atoms with Crippen LogP contribution >= 0.6 is 11.6 Å². The van der Waals surface area contributed by atoms with Gasteiger partial charge in [-0.05, 0) is 51.6 Å². The van der Waals surface area contributed by atoms with Crippen LogP contribution < -0.4 is 10.1 Å². The van der Waals surface area contributed by atoms with Crippen molar-refractivity contribution < 1.29 is 4.74 Å². The highest BCUT2D eigenvalue weighted by Gasteiger charge is 2.18. The third kappa shape index (κ3) is 3.53. The van der Waals surface area contributed by atoms with Crippen molar-refractivity contribution in [2.75, 3.05) is 32.1 Å². The Balaban J connectivity index is 2.08. The van der Waals surface area contributed by atoms with E-state index in [1.807, 2.05) is 25.1 Å². The van der Waals surface area contributed by atoms with Crippen LogP contribution in [-0.4, -0.2) is 37.7 Å². The maximum atomic E-state index is 6.06. The lowest BCUT2D eigenvalue weighted by atomic mass is 10.1. The Hall–Kier alpha value is -0.930. The number of nitrogens with one attached hydrogen (secondary N) is 1. The zero-order chi connectivity index (χ0) is 13.0. The molecule has 1 atom stereocenters. The van der Waals surface area contributed by atoms with Gasteiger partial charge < -0.3 is 15.0 Å². The summed E-state index contributed by atoms with van der Waals surface area (Å²) in [5.74, 6) is 0.884. The molecule has 3 nitrogen and oxygen atoms in total. The van der Waals surface area contributed by atoms with Crippen molar-refractivity contribution in [1.29, 1.82) is 0 Å². The molecule has 0 bridgehead atoms. The number of nitrogens with zero attached hydrogens (tertiary/aromatic N) is 1. The van der Waals surface area contributed by atoms with Crippen LogP contribution in [0.2, 0.25) is 5.02 Å². The molecular formula is C14H21ClN2O. The molecule has 1 aromatic carbocycles. The number of halogens is 1. The molecule has 1 aromatic rings. The zero-order valence-corrected chi connectivity index (χ0v) is 11.8. The van der Waals surface area contributed by atoms with E-state index >= 15 is 0 Å². The average molecular weight is 269 g/mol. The van der Waals surface area contributed by atoms with Gasteiger partial charge >= 0.3 is 0 Å². The van der Waals surface area contributed by atoms with E-state index in [9.17, 15) is 0 Å². The molecule has 1 aliphatic rings. The van der Waals surface area contributed by atoms with Crippen molar-refractivity contribution in [3.05, 3.63) is 23.2 Å². The van der Waals surface area contributed by atoms with Gasteiger partial charge in [0.15, 0.2) is 0 Å². The standard InChI is InChI=1S/C14H21ClN2O/c1-3-18-14-7-6-11(15)9-13(14)16-12-5-4-8-17(2)10-12/h6-7,9,12,16H,3-5,8,10H2,1-2H3. The van der Waals surface area contributed by atoms with E-state index in [1.54, 1.807) is 0 Å². The molecule has 1 N–H and O–H groups in total. The fourth-order valence-corrected chi connectivity index (χ4v) is 2.57. The predicted molar refractivity (Wildman–Crippen MR) is 76.8 cm³/mol. The third-order valence-corrected chi connectivity index (χ3v) is 3.46. The summed E-state index contributed by atoms with van der Waals surface area (Å²) in [6, 6.07) is 6.22. The first-order chi connectivity index (χ1) is 8.69. The summed E-state index contributed by atoms with van der Waals surface area (Å²) in [6.07, 6.45) is 2.43. The van der Waals surface area contributed by atoms with E-state index in [4.69, 9.17) is 16.3 Å². The van der Waals surface area contributed by atoms with Crippen LogP contribution in [0.25, 0.3) is 0 Å². The fourth-order valence-electron chi connectivity index (χ4n) is 2.40. The first-order valence-corrected chi connectivity index (χ1v) is 6.94. The first kappa shape index (κ1) is 13.5. The molecule has 0 aliphatic carbocycles. The lowest BCUT2D eigenvalue weighted by molar-refractivity contribution is 0.260. The molecule has 0 amide bonds. The summed E-state index contributed by atoms with van der Waals surface area (Å²) in [6.45, 7) is 4.91. The smallest absolute Gasteiger partial charge is 0.142 e. The van der Waals surface area contributed by atoms with Crippen LogP contribution in [0.5, 0.6) is 5.75 Å². The van der Waals surface area contributed by atoms with E-state index in [0.717, 1.165) is 23.0 Å². The van der Waals surface area contributed by atoms with Crippen LogP contribution in [0.15, 0.2) is 18.2 Å². The number of hydrogen-bond acceptors (Lipinski definition) is 3. The van der Waals surface area contributed by atoms with Crippen molar-refractivity contribution in [3.63, 3.8) is 0 Å². The van der Waals surface area contributed by atoms with Gasteiger partial charge in [0, 0.05) is 17.6 Å². The molecule has 18 heavy (non-hydrogen) atoms. The van der Waals surface area contributed by atoms with Gasteiger partial charge in [-0.1, -0.05) is 11.6 Å². The van der Waals surface area contributed by atoms with Gasteiger partial charge in [-0.2, -0.15) is 0 Å². The number of likely N-dealkylation sites (tertiary alicyclic amines) is 1. The average Bonchev–Trinajstić information content (AvgIpc) is 2.33. The van der Waals surface area contributed by atoms with Crippen LogP contribution in [0.3, 0.4) is 0 Å². The first-order valence-electron chi connectivity index (χ1n) is 6.56. The lowest BCUT2D eigenvalue weighted by Crippen LogP contribution is -2.39. The van der Waals surface area contributed by atoms with E-state index in [2.05, 4.69) is 17.3 Å². The van der Waals surface area contributed by atoms with Crippen molar-refractivity contribution in [3.8, 4) is 5.75 Å². The van der Waals surface area contributed by atoms with Gasteiger partial charge in [0.25, 0.3) is 0 Å². The Morgan fingerprint density at radius 2 is 2.33 bits per heavy atom. The lowest BCUT2D eigenvalue weighted by Gasteiger charge is -2.31. The molecule has 0 spiro atoms. The van der Waals surface area contributed by atoms with Gasteiger partial charge in [-0.3, -0.25) is 0 Å². The molecule has 0 saturated carbocycles. The minimum absolute atomic E-state index is 0.474. The Labute approximate surface area is 114 Å². The quantitative estimate of drug-likeness (QED) is 0.907. The third-order valence-electron chi connectivity index (χ3n) is 3.23. The Morgan fingerprint density at radius 3 is 3.06 bits per heavy atom.